The van der Waals surface area contributed by atoms with Crippen LogP contribution in [-0.2, 0) is 20.9 Å². The molecule has 2 aromatic carbocycles. The number of carbonyl (C=O) groups is 2. The van der Waals surface area contributed by atoms with Crippen LogP contribution in [0, 0.1) is 0 Å². The lowest BCUT2D eigenvalue weighted by atomic mass is 10.1. The molecule has 3 rings (SSSR count). The van der Waals surface area contributed by atoms with Gasteiger partial charge in [0.2, 0.25) is 0 Å². The molecule has 0 aliphatic carbocycles. The summed E-state index contributed by atoms with van der Waals surface area (Å²) in [4.78, 5) is 31.9. The van der Waals surface area contributed by atoms with E-state index in [1.165, 1.54) is 7.11 Å². The molecule has 0 saturated carbocycles. The minimum Gasteiger partial charge on any atom is -0.476 e. The van der Waals surface area contributed by atoms with Crippen molar-refractivity contribution < 1.29 is 23.9 Å². The number of likely N-dealkylation sites (N-methyl/N-ethyl adjacent to an activating group) is 1. The Morgan fingerprint density at radius 3 is 2.55 bits per heavy atom. The van der Waals surface area contributed by atoms with Gasteiger partial charge < -0.3 is 14.4 Å². The number of amides is 2. The van der Waals surface area contributed by atoms with Crippen LogP contribution in [0.15, 0.2) is 48.5 Å². The van der Waals surface area contributed by atoms with Crippen molar-refractivity contribution >= 4 is 23.4 Å². The number of hydroxylamine groups is 2. The van der Waals surface area contributed by atoms with Crippen molar-refractivity contribution in [3.8, 4) is 5.75 Å². The maximum absolute atomic E-state index is 12.7. The van der Waals surface area contributed by atoms with Crippen LogP contribution in [0.1, 0.15) is 26.3 Å². The fourth-order valence-corrected chi connectivity index (χ4v) is 3.23. The number of benzene rings is 2. The smallest absolute Gasteiger partial charge is 0.412 e. The Bertz CT molecular complexity index is 927. The van der Waals surface area contributed by atoms with Crippen molar-refractivity contribution in [1.29, 1.82) is 0 Å². The van der Waals surface area contributed by atoms with E-state index in [1.807, 2.05) is 57.2 Å². The minimum atomic E-state index is -0.717. The highest BCUT2D eigenvalue weighted by molar-refractivity contribution is 5.87. The third kappa shape index (κ3) is 5.88. The maximum Gasteiger partial charge on any atom is 0.412 e. The zero-order chi connectivity index (χ0) is 22.6. The van der Waals surface area contributed by atoms with Crippen molar-refractivity contribution in [2.45, 2.75) is 39.0 Å². The molecule has 0 radical (unpaired) electrons. The average Bonchev–Trinajstić information content (AvgIpc) is 2.72. The Kier molecular flexibility index (Phi) is 6.70. The zero-order valence-electron chi connectivity index (χ0n) is 18.5. The lowest BCUT2D eigenvalue weighted by molar-refractivity contribution is -0.176. The van der Waals surface area contributed by atoms with Crippen molar-refractivity contribution in [2.24, 2.45) is 0 Å². The van der Waals surface area contributed by atoms with Gasteiger partial charge in [0.25, 0.3) is 5.91 Å². The molecule has 2 aromatic rings. The fraction of sp³-hybridized carbons (Fsp3) is 0.391. The van der Waals surface area contributed by atoms with Gasteiger partial charge in [-0.1, -0.05) is 30.3 Å². The number of carbonyl (C=O) groups excluding carboxylic acids is 2. The lowest BCUT2D eigenvalue weighted by Gasteiger charge is -2.36. The highest BCUT2D eigenvalue weighted by Gasteiger charge is 2.33. The van der Waals surface area contributed by atoms with E-state index in [0.29, 0.717) is 24.5 Å². The van der Waals surface area contributed by atoms with Gasteiger partial charge in [-0.2, -0.15) is 0 Å². The summed E-state index contributed by atoms with van der Waals surface area (Å²) < 4.78 is 11.3. The summed E-state index contributed by atoms with van der Waals surface area (Å²) in [6, 6.07) is 15.2. The molecule has 0 spiro atoms. The number of hydrogen-bond acceptors (Lipinski definition) is 6. The van der Waals surface area contributed by atoms with E-state index in [1.54, 1.807) is 19.2 Å². The molecule has 1 aliphatic rings. The van der Waals surface area contributed by atoms with Crippen molar-refractivity contribution in [2.75, 3.05) is 30.9 Å². The quantitative estimate of drug-likeness (QED) is 0.731. The summed E-state index contributed by atoms with van der Waals surface area (Å²) in [5, 5.41) is 3.92. The van der Waals surface area contributed by atoms with Crippen molar-refractivity contribution in [1.82, 2.24) is 5.06 Å². The molecule has 0 fully saturated rings. The standard InChI is InChI=1S/C23H29N3O5/c1-23(2,3)31-22(28)24-17-11-12-19-18(13-17)26(14-16-9-7-6-8-10-16)15-20(30-19)21(27)25(4)29-5/h6-13,20H,14-15H2,1-5H3,(H,24,28)/t20-/m1/s1. The predicted octanol–water partition coefficient (Wildman–Crippen LogP) is 3.82. The second-order valence-corrected chi connectivity index (χ2v) is 8.30. The first-order valence-electron chi connectivity index (χ1n) is 10.1. The Balaban J connectivity index is 1.87. The van der Waals surface area contributed by atoms with Crippen LogP contribution in [0.5, 0.6) is 5.75 Å². The number of fused-ring (bicyclic) bond motifs is 1. The third-order valence-electron chi connectivity index (χ3n) is 4.68. The summed E-state index contributed by atoms with van der Waals surface area (Å²) in [5.41, 5.74) is 1.85. The van der Waals surface area contributed by atoms with Crippen LogP contribution >= 0.6 is 0 Å². The molecule has 0 saturated heterocycles. The molecule has 0 unspecified atom stereocenters. The molecule has 1 atom stereocenters. The maximum atomic E-state index is 12.7. The average molecular weight is 428 g/mol. The van der Waals surface area contributed by atoms with Gasteiger partial charge in [-0.3, -0.25) is 14.9 Å². The van der Waals surface area contributed by atoms with E-state index in [0.717, 1.165) is 16.3 Å². The normalized spacial score (nSPS) is 15.5. The van der Waals surface area contributed by atoms with E-state index >= 15 is 0 Å². The van der Waals surface area contributed by atoms with Gasteiger partial charge >= 0.3 is 6.09 Å². The first-order chi connectivity index (χ1) is 14.7. The third-order valence-corrected chi connectivity index (χ3v) is 4.68. The molecule has 2 amide bonds. The zero-order valence-corrected chi connectivity index (χ0v) is 18.5. The first-order valence-corrected chi connectivity index (χ1v) is 10.1. The van der Waals surface area contributed by atoms with Gasteiger partial charge in [0.05, 0.1) is 19.3 Å². The van der Waals surface area contributed by atoms with Crippen molar-refractivity contribution in [3.05, 3.63) is 54.1 Å². The van der Waals surface area contributed by atoms with E-state index < -0.39 is 17.8 Å². The van der Waals surface area contributed by atoms with Gasteiger partial charge in [0.15, 0.2) is 6.10 Å². The largest absolute Gasteiger partial charge is 0.476 e. The topological polar surface area (TPSA) is 80.3 Å². The minimum absolute atomic E-state index is 0.276. The molecule has 0 aromatic heterocycles. The molecule has 8 heteroatoms. The summed E-state index contributed by atoms with van der Waals surface area (Å²) >= 11 is 0. The van der Waals surface area contributed by atoms with Crippen LogP contribution in [0.2, 0.25) is 0 Å². The Hall–Kier alpha value is -3.26. The summed E-state index contributed by atoms with van der Waals surface area (Å²) in [6.07, 6.45) is -1.25. The van der Waals surface area contributed by atoms with Crippen molar-refractivity contribution in [3.63, 3.8) is 0 Å². The van der Waals surface area contributed by atoms with E-state index in [2.05, 4.69) is 10.2 Å². The monoisotopic (exact) mass is 427 g/mol. The van der Waals surface area contributed by atoms with Gasteiger partial charge in [-0.15, -0.1) is 0 Å². The molecule has 166 valence electrons. The Morgan fingerprint density at radius 2 is 1.90 bits per heavy atom. The van der Waals surface area contributed by atoms with Gasteiger partial charge in [0.1, 0.15) is 11.4 Å². The molecular weight excluding hydrogens is 398 g/mol. The molecule has 0 bridgehead atoms. The number of rotatable bonds is 5. The fourth-order valence-electron chi connectivity index (χ4n) is 3.23. The summed E-state index contributed by atoms with van der Waals surface area (Å²) in [7, 11) is 2.99. The van der Waals surface area contributed by atoms with Crippen LogP contribution < -0.4 is 15.0 Å². The first kappa shape index (κ1) is 22.4. The number of anilines is 2. The highest BCUT2D eigenvalue weighted by atomic mass is 16.7. The van der Waals surface area contributed by atoms with Crippen LogP contribution in [-0.4, -0.2) is 49.5 Å². The SMILES string of the molecule is CON(C)C(=O)[C@H]1CN(Cc2ccccc2)c2cc(NC(=O)OC(C)(C)C)ccc2O1. The molecule has 8 nitrogen and oxygen atoms in total. The molecular formula is C23H29N3O5. The molecule has 1 N–H and O–H groups in total. The number of ether oxygens (including phenoxy) is 2. The summed E-state index contributed by atoms with van der Waals surface area (Å²) in [6.45, 7) is 6.34. The second kappa shape index (κ2) is 9.26. The van der Waals surface area contributed by atoms with Gasteiger partial charge in [0, 0.05) is 19.3 Å². The molecule has 1 aliphatic heterocycles. The number of hydrogen-bond donors (Lipinski definition) is 1. The number of nitrogens with one attached hydrogen (secondary N) is 1. The lowest BCUT2D eigenvalue weighted by Crippen LogP contribution is -2.49. The van der Waals surface area contributed by atoms with Gasteiger partial charge in [-0.25, -0.2) is 9.86 Å². The molecule has 31 heavy (non-hydrogen) atoms. The van der Waals surface area contributed by atoms with E-state index in [-0.39, 0.29) is 5.91 Å². The van der Waals surface area contributed by atoms with Gasteiger partial charge in [-0.05, 0) is 44.5 Å². The Morgan fingerprint density at radius 1 is 1.19 bits per heavy atom. The highest BCUT2D eigenvalue weighted by Crippen LogP contribution is 2.37. The second-order valence-electron chi connectivity index (χ2n) is 8.30. The summed E-state index contributed by atoms with van der Waals surface area (Å²) in [5.74, 6) is 0.280. The van der Waals surface area contributed by atoms with Crippen LogP contribution in [0.4, 0.5) is 16.2 Å². The Labute approximate surface area is 182 Å². The van der Waals surface area contributed by atoms with Crippen LogP contribution in [0.25, 0.3) is 0 Å². The van der Waals surface area contributed by atoms with E-state index in [9.17, 15) is 9.59 Å². The molecule has 1 heterocycles. The predicted molar refractivity (Wildman–Crippen MR) is 118 cm³/mol. The van der Waals surface area contributed by atoms with Crippen LogP contribution in [0.3, 0.4) is 0 Å². The number of nitrogens with zero attached hydrogens (tertiary/aromatic N) is 2. The van der Waals surface area contributed by atoms with E-state index in [4.69, 9.17) is 14.3 Å².